The average molecular weight is 463 g/mol. The minimum Gasteiger partial charge on any atom is -0.456 e. The molecule has 2 aliphatic heterocycles. The third-order valence-electron chi connectivity index (χ3n) is 6.91. The van der Waals surface area contributed by atoms with Crippen LogP contribution in [-0.2, 0) is 10.3 Å². The highest BCUT2D eigenvalue weighted by Gasteiger charge is 2.54. The Labute approximate surface area is 204 Å². The molecular formula is C30H26N2O3. The number of esters is 1. The predicted octanol–water partition coefficient (Wildman–Crippen LogP) is 6.84. The molecule has 1 spiro atoms. The smallest absolute Gasteiger partial charge is 0.340 e. The van der Waals surface area contributed by atoms with Gasteiger partial charge in [-0.05, 0) is 50.2 Å². The summed E-state index contributed by atoms with van der Waals surface area (Å²) in [4.78, 5) is 15.5. The third-order valence-corrected chi connectivity index (χ3v) is 6.91. The number of nitrogens with zero attached hydrogens (tertiary/aromatic N) is 1. The van der Waals surface area contributed by atoms with Crippen LogP contribution >= 0.6 is 0 Å². The molecule has 0 saturated carbocycles. The lowest BCUT2D eigenvalue weighted by molar-refractivity contribution is 0.0227. The Bertz CT molecular complexity index is 1440. The number of ether oxygens (including phenoxy) is 2. The molecule has 6 rings (SSSR count). The number of benzene rings is 4. The Morgan fingerprint density at radius 2 is 1.40 bits per heavy atom. The lowest BCUT2D eigenvalue weighted by atomic mass is 9.77. The highest BCUT2D eigenvalue weighted by molar-refractivity contribution is 5.97. The lowest BCUT2D eigenvalue weighted by Crippen LogP contribution is -2.33. The zero-order valence-corrected chi connectivity index (χ0v) is 19.7. The minimum atomic E-state index is -1.11. The molecule has 0 aromatic heterocycles. The quantitative estimate of drug-likeness (QED) is 0.329. The van der Waals surface area contributed by atoms with Crippen LogP contribution in [0.25, 0.3) is 0 Å². The van der Waals surface area contributed by atoms with Gasteiger partial charge in [-0.25, -0.2) is 4.79 Å². The molecule has 2 aliphatic rings. The molecule has 0 amide bonds. The molecule has 0 fully saturated rings. The van der Waals surface area contributed by atoms with Gasteiger partial charge in [0.2, 0.25) is 0 Å². The van der Waals surface area contributed by atoms with Gasteiger partial charge in [-0.3, -0.25) is 0 Å². The van der Waals surface area contributed by atoms with Crippen LogP contribution < -0.4 is 15.0 Å². The number of hydrogen-bond acceptors (Lipinski definition) is 5. The van der Waals surface area contributed by atoms with Crippen molar-refractivity contribution in [2.24, 2.45) is 0 Å². The summed E-state index contributed by atoms with van der Waals surface area (Å²) in [7, 11) is 0. The molecule has 0 bridgehead atoms. The first-order valence-electron chi connectivity index (χ1n) is 12.0. The van der Waals surface area contributed by atoms with Crippen LogP contribution in [0.5, 0.6) is 11.5 Å². The van der Waals surface area contributed by atoms with Gasteiger partial charge in [-0.15, -0.1) is 0 Å². The Morgan fingerprint density at radius 3 is 2.23 bits per heavy atom. The number of fused-ring (bicyclic) bond motifs is 6. The monoisotopic (exact) mass is 462 g/mol. The van der Waals surface area contributed by atoms with Crippen LogP contribution in [0.1, 0.15) is 40.9 Å². The number of nitrogens with one attached hydrogen (secondary N) is 1. The first-order chi connectivity index (χ1) is 17.2. The van der Waals surface area contributed by atoms with Gasteiger partial charge in [0.15, 0.2) is 5.60 Å². The zero-order valence-electron chi connectivity index (χ0n) is 19.7. The third kappa shape index (κ3) is 3.12. The van der Waals surface area contributed by atoms with Crippen molar-refractivity contribution in [2.75, 3.05) is 23.3 Å². The lowest BCUT2D eigenvalue weighted by Gasteiger charge is -2.38. The van der Waals surface area contributed by atoms with Crippen molar-refractivity contribution >= 4 is 23.0 Å². The fraction of sp³-hybridized carbons (Fsp3) is 0.167. The van der Waals surface area contributed by atoms with Gasteiger partial charge < -0.3 is 19.7 Å². The number of carbonyl (C=O) groups is 1. The molecule has 2 heterocycles. The van der Waals surface area contributed by atoms with E-state index in [4.69, 9.17) is 9.47 Å². The van der Waals surface area contributed by atoms with Gasteiger partial charge >= 0.3 is 5.97 Å². The maximum absolute atomic E-state index is 13.2. The topological polar surface area (TPSA) is 50.8 Å². The summed E-state index contributed by atoms with van der Waals surface area (Å²) >= 11 is 0. The molecule has 0 aliphatic carbocycles. The highest BCUT2D eigenvalue weighted by Crippen LogP contribution is 2.58. The molecule has 5 heteroatoms. The number of rotatable bonds is 5. The molecule has 4 aromatic rings. The van der Waals surface area contributed by atoms with Gasteiger partial charge in [0, 0.05) is 24.2 Å². The second-order valence-corrected chi connectivity index (χ2v) is 8.71. The van der Waals surface area contributed by atoms with Crippen molar-refractivity contribution in [1.29, 1.82) is 0 Å². The van der Waals surface area contributed by atoms with E-state index < -0.39 is 5.60 Å². The molecule has 5 nitrogen and oxygen atoms in total. The van der Waals surface area contributed by atoms with Crippen molar-refractivity contribution < 1.29 is 14.3 Å². The van der Waals surface area contributed by atoms with Crippen molar-refractivity contribution in [3.05, 3.63) is 113 Å². The second kappa shape index (κ2) is 8.20. The maximum atomic E-state index is 13.2. The fourth-order valence-electron chi connectivity index (χ4n) is 5.35. The number of para-hydroxylation sites is 3. The summed E-state index contributed by atoms with van der Waals surface area (Å²) in [5, 5.41) is 3.66. The molecule has 1 unspecified atom stereocenters. The van der Waals surface area contributed by atoms with Gasteiger partial charge in [0.05, 0.1) is 28.2 Å². The molecule has 174 valence electrons. The van der Waals surface area contributed by atoms with E-state index in [9.17, 15) is 4.79 Å². The standard InChI is InChI=1S/C30H26N2O3/c1-3-32(4-2)25-17-9-8-15-23(25)31-24-16-11-19-27-28(24)30(22-14-7-10-18-26(22)34-27)21-13-6-5-12-20(21)29(33)35-30/h5-19,31H,3-4H2,1-2H3. The van der Waals surface area contributed by atoms with E-state index in [0.717, 1.165) is 46.8 Å². The first kappa shape index (κ1) is 21.3. The highest BCUT2D eigenvalue weighted by atomic mass is 16.6. The maximum Gasteiger partial charge on any atom is 0.340 e. The molecule has 0 radical (unpaired) electrons. The number of hydrogen-bond donors (Lipinski definition) is 1. The van der Waals surface area contributed by atoms with Crippen molar-refractivity contribution in [3.8, 4) is 11.5 Å². The molecule has 4 aromatic carbocycles. The molecule has 0 saturated heterocycles. The van der Waals surface area contributed by atoms with Crippen molar-refractivity contribution in [2.45, 2.75) is 19.4 Å². The van der Waals surface area contributed by atoms with Crippen molar-refractivity contribution in [1.82, 2.24) is 0 Å². The zero-order chi connectivity index (χ0) is 24.0. The van der Waals surface area contributed by atoms with Crippen LogP contribution in [0.3, 0.4) is 0 Å². The van der Waals surface area contributed by atoms with E-state index >= 15 is 0 Å². The predicted molar refractivity (Wildman–Crippen MR) is 138 cm³/mol. The Balaban J connectivity index is 1.59. The van der Waals surface area contributed by atoms with Gasteiger partial charge in [-0.1, -0.05) is 54.6 Å². The van der Waals surface area contributed by atoms with Gasteiger partial charge in [-0.2, -0.15) is 0 Å². The Hall–Kier alpha value is -4.25. The molecule has 35 heavy (non-hydrogen) atoms. The summed E-state index contributed by atoms with van der Waals surface area (Å²) in [5.41, 5.74) is 4.85. The fourth-order valence-corrected chi connectivity index (χ4v) is 5.35. The Kier molecular flexibility index (Phi) is 4.99. The van der Waals surface area contributed by atoms with Gasteiger partial charge in [0.1, 0.15) is 11.5 Å². The molecule has 1 atom stereocenters. The number of anilines is 3. The van der Waals surface area contributed by atoms with E-state index in [-0.39, 0.29) is 5.97 Å². The summed E-state index contributed by atoms with van der Waals surface area (Å²) in [5.74, 6) is 1.02. The Morgan fingerprint density at radius 1 is 0.743 bits per heavy atom. The van der Waals surface area contributed by atoms with E-state index in [1.54, 1.807) is 0 Å². The first-order valence-corrected chi connectivity index (χ1v) is 12.0. The number of carbonyl (C=O) groups excluding carboxylic acids is 1. The van der Waals surface area contributed by atoms with Crippen LogP contribution in [0, 0.1) is 0 Å². The molecule has 1 N–H and O–H groups in total. The average Bonchev–Trinajstić information content (AvgIpc) is 3.18. The summed E-state index contributed by atoms with van der Waals surface area (Å²) in [6, 6.07) is 29.6. The summed E-state index contributed by atoms with van der Waals surface area (Å²) in [6.07, 6.45) is 0. The van der Waals surface area contributed by atoms with E-state index in [1.807, 2.05) is 72.8 Å². The van der Waals surface area contributed by atoms with E-state index in [1.165, 1.54) is 0 Å². The normalized spacial score (nSPS) is 17.1. The summed E-state index contributed by atoms with van der Waals surface area (Å²) in [6.45, 7) is 6.10. The SMILES string of the molecule is CCN(CC)c1ccccc1Nc1cccc2c1C1(OC(=O)c3ccccc31)c1ccccc1O2. The van der Waals surface area contributed by atoms with Crippen molar-refractivity contribution in [3.63, 3.8) is 0 Å². The summed E-state index contributed by atoms with van der Waals surface area (Å²) < 4.78 is 12.7. The molecular weight excluding hydrogens is 436 g/mol. The van der Waals surface area contributed by atoms with E-state index in [0.29, 0.717) is 17.1 Å². The van der Waals surface area contributed by atoms with Crippen LogP contribution in [0.4, 0.5) is 17.1 Å². The largest absolute Gasteiger partial charge is 0.456 e. The van der Waals surface area contributed by atoms with Crippen LogP contribution in [0.15, 0.2) is 91.0 Å². The second-order valence-electron chi connectivity index (χ2n) is 8.71. The van der Waals surface area contributed by atoms with Crippen LogP contribution in [-0.4, -0.2) is 19.1 Å². The van der Waals surface area contributed by atoms with Crippen LogP contribution in [0.2, 0.25) is 0 Å². The van der Waals surface area contributed by atoms with E-state index in [2.05, 4.69) is 42.3 Å². The van der Waals surface area contributed by atoms with Gasteiger partial charge in [0.25, 0.3) is 0 Å². The minimum absolute atomic E-state index is 0.332.